The number of carbonyl (C=O) groups excluding carboxylic acids is 1. The van der Waals surface area contributed by atoms with Gasteiger partial charge in [0.15, 0.2) is 0 Å². The maximum atomic E-state index is 12.4. The third kappa shape index (κ3) is 2.72. The molecule has 2 aliphatic heterocycles. The van der Waals surface area contributed by atoms with Crippen LogP contribution in [0.5, 0.6) is 0 Å². The van der Waals surface area contributed by atoms with Gasteiger partial charge in [0.25, 0.3) is 0 Å². The van der Waals surface area contributed by atoms with Crippen molar-refractivity contribution in [3.63, 3.8) is 0 Å². The van der Waals surface area contributed by atoms with Crippen molar-refractivity contribution in [2.75, 3.05) is 40.3 Å². The van der Waals surface area contributed by atoms with Gasteiger partial charge in [-0.3, -0.25) is 0 Å². The van der Waals surface area contributed by atoms with E-state index in [1.54, 1.807) is 0 Å². The van der Waals surface area contributed by atoms with E-state index >= 15 is 0 Å². The van der Waals surface area contributed by atoms with Crippen molar-refractivity contribution >= 4 is 6.03 Å². The second kappa shape index (κ2) is 5.29. The molecule has 0 saturated carbocycles. The molecule has 2 aliphatic rings. The largest absolute Gasteiger partial charge is 0.328 e. The lowest BCUT2D eigenvalue weighted by Crippen LogP contribution is -2.50. The van der Waals surface area contributed by atoms with Gasteiger partial charge in [0.05, 0.1) is 11.6 Å². The van der Waals surface area contributed by atoms with Crippen LogP contribution in [0.25, 0.3) is 0 Å². The van der Waals surface area contributed by atoms with Gasteiger partial charge in [0.1, 0.15) is 0 Å². The summed E-state index contributed by atoms with van der Waals surface area (Å²) in [6.07, 6.45) is 2.46. The van der Waals surface area contributed by atoms with Gasteiger partial charge in [-0.2, -0.15) is 0 Å². The second-order valence-electron chi connectivity index (χ2n) is 6.75. The van der Waals surface area contributed by atoms with Crippen LogP contribution in [0.4, 0.5) is 4.79 Å². The molecule has 0 bridgehead atoms. The molecule has 0 spiro atoms. The second-order valence-corrected chi connectivity index (χ2v) is 6.75. The Labute approximate surface area is 116 Å². The summed E-state index contributed by atoms with van der Waals surface area (Å²) in [5.74, 6) is 0.589. The average molecular weight is 268 g/mol. The van der Waals surface area contributed by atoms with Crippen LogP contribution in [0.2, 0.25) is 0 Å². The molecule has 2 atom stereocenters. The third-order valence-corrected chi connectivity index (χ3v) is 4.84. The van der Waals surface area contributed by atoms with Crippen LogP contribution in [0.15, 0.2) is 0 Å². The Hall–Kier alpha value is -0.810. The molecule has 2 heterocycles. The minimum atomic E-state index is -0.249. The lowest BCUT2D eigenvalue weighted by Gasteiger charge is -2.36. The van der Waals surface area contributed by atoms with Gasteiger partial charge in [-0.15, -0.1) is 0 Å². The number of rotatable bonds is 3. The van der Waals surface area contributed by atoms with Crippen molar-refractivity contribution in [2.24, 2.45) is 11.7 Å². The minimum absolute atomic E-state index is 0.133. The van der Waals surface area contributed by atoms with E-state index in [9.17, 15) is 4.79 Å². The highest BCUT2D eigenvalue weighted by Gasteiger charge is 2.44. The highest BCUT2D eigenvalue weighted by Crippen LogP contribution is 2.30. The van der Waals surface area contributed by atoms with Crippen LogP contribution in [-0.4, -0.2) is 72.6 Å². The summed E-state index contributed by atoms with van der Waals surface area (Å²) in [7, 11) is 4.11. The summed E-state index contributed by atoms with van der Waals surface area (Å²) >= 11 is 0. The minimum Gasteiger partial charge on any atom is -0.328 e. The molecule has 0 aromatic heterocycles. The Morgan fingerprint density at radius 3 is 2.58 bits per heavy atom. The molecule has 2 amide bonds. The number of likely N-dealkylation sites (tertiary alicyclic amines) is 1. The number of amides is 2. The quantitative estimate of drug-likeness (QED) is 0.824. The Kier molecular flexibility index (Phi) is 4.06. The van der Waals surface area contributed by atoms with Crippen molar-refractivity contribution in [1.82, 2.24) is 14.7 Å². The number of likely N-dealkylation sites (N-methyl/N-ethyl adjacent to an activating group) is 1. The van der Waals surface area contributed by atoms with Crippen molar-refractivity contribution < 1.29 is 4.79 Å². The predicted octanol–water partition coefficient (Wildman–Crippen LogP) is 0.802. The van der Waals surface area contributed by atoms with E-state index in [-0.39, 0.29) is 11.6 Å². The zero-order chi connectivity index (χ0) is 14.2. The fraction of sp³-hybridized carbons (Fsp3) is 0.929. The number of hydrogen-bond acceptors (Lipinski definition) is 3. The van der Waals surface area contributed by atoms with Gasteiger partial charge >= 0.3 is 6.03 Å². The molecule has 5 heteroatoms. The van der Waals surface area contributed by atoms with Crippen molar-refractivity contribution in [3.8, 4) is 0 Å². The summed E-state index contributed by atoms with van der Waals surface area (Å²) in [6.45, 7) is 7.70. The summed E-state index contributed by atoms with van der Waals surface area (Å²) < 4.78 is 0. The highest BCUT2D eigenvalue weighted by atomic mass is 16.2. The number of nitrogens with zero attached hydrogens (tertiary/aromatic N) is 3. The van der Waals surface area contributed by atoms with Crippen molar-refractivity contribution in [3.05, 3.63) is 0 Å². The number of carbonyl (C=O) groups is 1. The molecular weight excluding hydrogens is 240 g/mol. The molecule has 5 nitrogen and oxygen atoms in total. The Bertz CT molecular complexity index is 344. The summed E-state index contributed by atoms with van der Waals surface area (Å²) in [5, 5.41) is 0. The topological polar surface area (TPSA) is 52.8 Å². The molecule has 0 radical (unpaired) electrons. The van der Waals surface area contributed by atoms with Crippen LogP contribution >= 0.6 is 0 Å². The molecule has 2 N–H and O–H groups in total. The van der Waals surface area contributed by atoms with Gasteiger partial charge in [0.2, 0.25) is 0 Å². The standard InChI is InChI=1S/C14H28N4O/c1-14(2,10-15)18-9-12(17(4)13(18)19)11-6-5-7-16(3)8-11/h11-12H,5-10,15H2,1-4H3. The molecular formula is C14H28N4O. The van der Waals surface area contributed by atoms with E-state index in [0.29, 0.717) is 18.5 Å². The number of nitrogens with two attached hydrogens (primary N) is 1. The normalized spacial score (nSPS) is 30.3. The maximum Gasteiger partial charge on any atom is 0.320 e. The number of hydrogen-bond donors (Lipinski definition) is 1. The average Bonchev–Trinajstić information content (AvgIpc) is 2.67. The van der Waals surface area contributed by atoms with E-state index in [4.69, 9.17) is 5.73 Å². The molecule has 0 aromatic rings. The van der Waals surface area contributed by atoms with Crippen LogP contribution < -0.4 is 5.73 Å². The number of piperidine rings is 1. The third-order valence-electron chi connectivity index (χ3n) is 4.84. The Morgan fingerprint density at radius 1 is 1.32 bits per heavy atom. The first-order chi connectivity index (χ1) is 8.86. The lowest BCUT2D eigenvalue weighted by atomic mass is 9.90. The summed E-state index contributed by atoms with van der Waals surface area (Å²) in [4.78, 5) is 18.7. The van der Waals surface area contributed by atoms with E-state index in [0.717, 1.165) is 13.1 Å². The molecule has 19 heavy (non-hydrogen) atoms. The van der Waals surface area contributed by atoms with Gasteiger partial charge in [-0.1, -0.05) is 0 Å². The lowest BCUT2D eigenvalue weighted by molar-refractivity contribution is 0.141. The van der Waals surface area contributed by atoms with Gasteiger partial charge in [-0.05, 0) is 46.2 Å². The molecule has 110 valence electrons. The molecule has 0 aromatic carbocycles. The highest BCUT2D eigenvalue weighted by molar-refractivity contribution is 5.77. The Morgan fingerprint density at radius 2 is 2.00 bits per heavy atom. The van der Waals surface area contributed by atoms with Gasteiger partial charge in [0, 0.05) is 26.7 Å². The van der Waals surface area contributed by atoms with Gasteiger partial charge in [-0.25, -0.2) is 4.79 Å². The fourth-order valence-electron chi connectivity index (χ4n) is 3.32. The van der Waals surface area contributed by atoms with E-state index in [2.05, 4.69) is 11.9 Å². The monoisotopic (exact) mass is 268 g/mol. The SMILES string of the molecule is CN1CCCC(C2CN(C(C)(C)CN)C(=O)N2C)C1. The molecule has 2 fully saturated rings. The van der Waals surface area contributed by atoms with Gasteiger partial charge < -0.3 is 20.4 Å². The first-order valence-electron chi connectivity index (χ1n) is 7.30. The van der Waals surface area contributed by atoms with Crippen LogP contribution in [-0.2, 0) is 0 Å². The predicted molar refractivity (Wildman–Crippen MR) is 77.0 cm³/mol. The molecule has 2 unspecified atom stereocenters. The molecule has 2 rings (SSSR count). The van der Waals surface area contributed by atoms with Crippen LogP contribution in [0.3, 0.4) is 0 Å². The summed E-state index contributed by atoms with van der Waals surface area (Å²) in [6, 6.07) is 0.467. The smallest absolute Gasteiger partial charge is 0.320 e. The first-order valence-corrected chi connectivity index (χ1v) is 7.30. The van der Waals surface area contributed by atoms with E-state index in [1.165, 1.54) is 19.4 Å². The van der Waals surface area contributed by atoms with Crippen molar-refractivity contribution in [2.45, 2.75) is 38.3 Å². The van der Waals surface area contributed by atoms with E-state index < -0.39 is 0 Å². The zero-order valence-corrected chi connectivity index (χ0v) is 12.7. The van der Waals surface area contributed by atoms with Crippen molar-refractivity contribution in [1.29, 1.82) is 0 Å². The fourth-order valence-corrected chi connectivity index (χ4v) is 3.32. The molecule has 2 saturated heterocycles. The molecule has 0 aliphatic carbocycles. The number of urea groups is 1. The maximum absolute atomic E-state index is 12.4. The zero-order valence-electron chi connectivity index (χ0n) is 12.7. The van der Waals surface area contributed by atoms with E-state index in [1.807, 2.05) is 30.7 Å². The van der Waals surface area contributed by atoms with Crippen LogP contribution in [0, 0.1) is 5.92 Å². The van der Waals surface area contributed by atoms with Crippen LogP contribution in [0.1, 0.15) is 26.7 Å². The first kappa shape index (κ1) is 14.6. The Balaban J connectivity index is 2.10. The summed E-state index contributed by atoms with van der Waals surface area (Å²) in [5.41, 5.74) is 5.57.